The number of nitrogens with one attached hydrogen (secondary N) is 1. The van der Waals surface area contributed by atoms with Crippen LogP contribution in [0.15, 0.2) is 66.9 Å². The fraction of sp³-hybridized carbons (Fsp3) is 0.276. The molecule has 3 aromatic carbocycles. The molecule has 184 valence electrons. The summed E-state index contributed by atoms with van der Waals surface area (Å²) in [4.78, 5) is 2.20. The topological polar surface area (TPSA) is 50.4 Å². The number of halogens is 2. The molecule has 1 fully saturated rings. The van der Waals surface area contributed by atoms with E-state index in [2.05, 4.69) is 28.1 Å². The summed E-state index contributed by atoms with van der Waals surface area (Å²) in [5.74, 6) is 1.47. The van der Waals surface area contributed by atoms with Crippen LogP contribution in [0.3, 0.4) is 0 Å². The molecule has 0 amide bonds. The van der Waals surface area contributed by atoms with Crippen LogP contribution in [0.5, 0.6) is 11.5 Å². The molecule has 0 saturated carbocycles. The summed E-state index contributed by atoms with van der Waals surface area (Å²) in [6, 6.07) is 18.5. The molecule has 2 aliphatic heterocycles. The summed E-state index contributed by atoms with van der Waals surface area (Å²) in [7, 11) is 0. The van der Waals surface area contributed by atoms with Crippen LogP contribution in [0.1, 0.15) is 29.7 Å². The zero-order valence-corrected chi connectivity index (χ0v) is 20.0. The number of benzene rings is 3. The SMILES string of the molecule is CC1=C(c2ccc(F)cc2)C(c2ccc(OCCN3CC(CF)C3)cc2)Oc2cc3[nH]ncc3cc21. The third-order valence-electron chi connectivity index (χ3n) is 7.12. The van der Waals surface area contributed by atoms with Crippen LogP contribution in [0.25, 0.3) is 22.0 Å². The van der Waals surface area contributed by atoms with Crippen LogP contribution in [0.4, 0.5) is 8.78 Å². The second-order valence-electron chi connectivity index (χ2n) is 9.55. The smallest absolute Gasteiger partial charge is 0.150 e. The Morgan fingerprint density at radius 2 is 1.86 bits per heavy atom. The molecular formula is C29H27F2N3O2. The van der Waals surface area contributed by atoms with Gasteiger partial charge in [-0.05, 0) is 54.0 Å². The minimum absolute atomic E-state index is 0.182. The van der Waals surface area contributed by atoms with E-state index in [0.717, 1.165) is 69.9 Å². The van der Waals surface area contributed by atoms with Gasteiger partial charge in [-0.25, -0.2) is 4.39 Å². The fourth-order valence-corrected chi connectivity index (χ4v) is 5.11. The van der Waals surface area contributed by atoms with E-state index in [1.54, 1.807) is 18.3 Å². The zero-order valence-electron chi connectivity index (χ0n) is 20.0. The number of likely N-dealkylation sites (tertiary alicyclic amines) is 1. The first kappa shape index (κ1) is 22.7. The Morgan fingerprint density at radius 3 is 2.61 bits per heavy atom. The highest BCUT2D eigenvalue weighted by atomic mass is 19.1. The normalized spacial score (nSPS) is 18.1. The average molecular weight is 488 g/mol. The zero-order chi connectivity index (χ0) is 24.6. The first-order valence-electron chi connectivity index (χ1n) is 12.2. The fourth-order valence-electron chi connectivity index (χ4n) is 5.11. The van der Waals surface area contributed by atoms with E-state index >= 15 is 0 Å². The quantitative estimate of drug-likeness (QED) is 0.345. The van der Waals surface area contributed by atoms with E-state index < -0.39 is 0 Å². The van der Waals surface area contributed by atoms with Gasteiger partial charge >= 0.3 is 0 Å². The summed E-state index contributed by atoms with van der Waals surface area (Å²) >= 11 is 0. The number of allylic oxidation sites excluding steroid dienone is 1. The van der Waals surface area contributed by atoms with Gasteiger partial charge in [-0.1, -0.05) is 24.3 Å². The number of alkyl halides is 1. The van der Waals surface area contributed by atoms with Crippen molar-refractivity contribution >= 4 is 22.0 Å². The molecule has 0 bridgehead atoms. The Labute approximate surface area is 208 Å². The minimum Gasteiger partial charge on any atom is -0.492 e. The third-order valence-corrected chi connectivity index (χ3v) is 7.12. The van der Waals surface area contributed by atoms with Crippen molar-refractivity contribution in [3.63, 3.8) is 0 Å². The van der Waals surface area contributed by atoms with Crippen LogP contribution in [0.2, 0.25) is 0 Å². The van der Waals surface area contributed by atoms with Crippen LogP contribution < -0.4 is 9.47 Å². The van der Waals surface area contributed by atoms with Crippen molar-refractivity contribution in [1.82, 2.24) is 15.1 Å². The molecule has 1 saturated heterocycles. The number of H-pyrrole nitrogens is 1. The van der Waals surface area contributed by atoms with Crippen LogP contribution in [-0.4, -0.2) is 48.0 Å². The van der Waals surface area contributed by atoms with E-state index in [1.807, 2.05) is 30.3 Å². The molecule has 7 heteroatoms. The van der Waals surface area contributed by atoms with Gasteiger partial charge in [0.1, 0.15) is 30.0 Å². The lowest BCUT2D eigenvalue weighted by molar-refractivity contribution is 0.0668. The van der Waals surface area contributed by atoms with Crippen molar-refractivity contribution < 1.29 is 18.3 Å². The van der Waals surface area contributed by atoms with Gasteiger partial charge in [0.05, 0.1) is 18.4 Å². The predicted octanol–water partition coefficient (Wildman–Crippen LogP) is 6.05. The Bertz CT molecular complexity index is 1410. The van der Waals surface area contributed by atoms with Crippen LogP contribution >= 0.6 is 0 Å². The molecule has 1 N–H and O–H groups in total. The molecule has 0 radical (unpaired) electrons. The number of fused-ring (bicyclic) bond motifs is 2. The molecule has 5 nitrogen and oxygen atoms in total. The van der Waals surface area contributed by atoms with Gasteiger partial charge in [-0.3, -0.25) is 14.4 Å². The Hall–Kier alpha value is -3.71. The largest absolute Gasteiger partial charge is 0.492 e. The number of aromatic nitrogens is 2. The predicted molar refractivity (Wildman–Crippen MR) is 136 cm³/mol. The molecular weight excluding hydrogens is 460 g/mol. The number of hydrogen-bond donors (Lipinski definition) is 1. The lowest BCUT2D eigenvalue weighted by Gasteiger charge is -2.37. The Kier molecular flexibility index (Phi) is 5.93. The monoisotopic (exact) mass is 487 g/mol. The molecule has 2 aliphatic rings. The van der Waals surface area contributed by atoms with E-state index in [9.17, 15) is 8.78 Å². The number of aromatic amines is 1. The van der Waals surface area contributed by atoms with Gasteiger partial charge in [0, 0.05) is 48.1 Å². The molecule has 3 heterocycles. The highest BCUT2D eigenvalue weighted by Crippen LogP contribution is 2.47. The molecule has 1 aromatic heterocycles. The van der Waals surface area contributed by atoms with Crippen LogP contribution in [-0.2, 0) is 0 Å². The second kappa shape index (κ2) is 9.39. The summed E-state index contributed by atoms with van der Waals surface area (Å²) in [6.45, 7) is 4.81. The standard InChI is InChI=1S/C29H27F2N3O2/c1-18-25-12-22-15-32-33-26(22)13-27(25)36-29(28(18)20-2-6-23(31)7-3-20)21-4-8-24(9-5-21)35-11-10-34-16-19(14-30)17-34/h2-9,12-13,15,19,29H,10-11,14,16-17H2,1H3,(H,32,33). The molecule has 1 atom stereocenters. The Balaban J connectivity index is 1.28. The molecule has 0 spiro atoms. The van der Waals surface area contributed by atoms with Gasteiger partial charge in [-0.15, -0.1) is 0 Å². The van der Waals surface area contributed by atoms with Gasteiger partial charge < -0.3 is 9.47 Å². The summed E-state index contributed by atoms with van der Waals surface area (Å²) in [6.07, 6.45) is 1.43. The Morgan fingerprint density at radius 1 is 1.08 bits per heavy atom. The maximum Gasteiger partial charge on any atom is 0.150 e. The van der Waals surface area contributed by atoms with E-state index in [0.29, 0.717) is 6.61 Å². The number of nitrogens with zero attached hydrogens (tertiary/aromatic N) is 2. The summed E-state index contributed by atoms with van der Waals surface area (Å²) in [5.41, 5.74) is 5.88. The minimum atomic E-state index is -0.365. The molecule has 0 aliphatic carbocycles. The highest BCUT2D eigenvalue weighted by Gasteiger charge is 2.30. The van der Waals surface area contributed by atoms with Crippen molar-refractivity contribution in [2.75, 3.05) is 32.9 Å². The van der Waals surface area contributed by atoms with Crippen molar-refractivity contribution in [3.8, 4) is 11.5 Å². The van der Waals surface area contributed by atoms with E-state index in [4.69, 9.17) is 9.47 Å². The average Bonchev–Trinajstić information content (AvgIpc) is 3.33. The number of hydrogen-bond acceptors (Lipinski definition) is 4. The molecule has 36 heavy (non-hydrogen) atoms. The highest BCUT2D eigenvalue weighted by molar-refractivity contribution is 5.98. The lowest BCUT2D eigenvalue weighted by atomic mass is 9.86. The third kappa shape index (κ3) is 4.24. The second-order valence-corrected chi connectivity index (χ2v) is 9.55. The first-order valence-corrected chi connectivity index (χ1v) is 12.2. The summed E-state index contributed by atoms with van der Waals surface area (Å²) < 4.78 is 38.8. The van der Waals surface area contributed by atoms with E-state index in [-0.39, 0.29) is 24.5 Å². The van der Waals surface area contributed by atoms with Gasteiger partial charge in [0.15, 0.2) is 0 Å². The van der Waals surface area contributed by atoms with Crippen molar-refractivity contribution in [2.24, 2.45) is 5.92 Å². The van der Waals surface area contributed by atoms with Crippen molar-refractivity contribution in [2.45, 2.75) is 13.0 Å². The number of rotatable bonds is 7. The maximum absolute atomic E-state index is 13.7. The molecule has 4 aromatic rings. The molecule has 1 unspecified atom stereocenters. The van der Waals surface area contributed by atoms with Crippen LogP contribution in [0, 0.1) is 11.7 Å². The molecule has 6 rings (SSSR count). The van der Waals surface area contributed by atoms with Gasteiger partial charge in [0.2, 0.25) is 0 Å². The lowest BCUT2D eigenvalue weighted by Crippen LogP contribution is -2.49. The van der Waals surface area contributed by atoms with E-state index in [1.165, 1.54) is 12.1 Å². The first-order chi connectivity index (χ1) is 17.6. The number of ether oxygens (including phenoxy) is 2. The van der Waals surface area contributed by atoms with Gasteiger partial charge in [-0.2, -0.15) is 5.10 Å². The van der Waals surface area contributed by atoms with Crippen molar-refractivity contribution in [1.29, 1.82) is 0 Å². The van der Waals surface area contributed by atoms with Gasteiger partial charge in [0.25, 0.3) is 0 Å². The maximum atomic E-state index is 13.7. The van der Waals surface area contributed by atoms with Crippen molar-refractivity contribution in [3.05, 3.63) is 89.4 Å². The summed E-state index contributed by atoms with van der Waals surface area (Å²) in [5, 5.41) is 8.17.